The molecule has 0 radical (unpaired) electrons. The maximum absolute atomic E-state index is 11.2. The molecule has 16 N–H and O–H groups in total. The molecule has 4 rings (SSSR count). The monoisotopic (exact) mass is 565 g/mol. The second kappa shape index (κ2) is 12.7. The van der Waals surface area contributed by atoms with E-state index in [1.165, 1.54) is 0 Å². The van der Waals surface area contributed by atoms with Crippen molar-refractivity contribution in [3.05, 3.63) is 0 Å². The van der Waals surface area contributed by atoms with Crippen LogP contribution in [-0.4, -0.2) is 143 Å². The van der Waals surface area contributed by atoms with E-state index in [2.05, 4.69) is 10.3 Å². The van der Waals surface area contributed by atoms with Crippen molar-refractivity contribution >= 4 is 5.96 Å². The molecular weight excluding hydrogens is 522 g/mol. The van der Waals surface area contributed by atoms with Gasteiger partial charge in [0.2, 0.25) is 0 Å². The molecule has 17 nitrogen and oxygen atoms in total. The number of aliphatic hydroxyl groups is 5. The zero-order valence-electron chi connectivity index (χ0n) is 21.7. The van der Waals surface area contributed by atoms with Gasteiger partial charge < -0.3 is 83.2 Å². The predicted molar refractivity (Wildman–Crippen MR) is 133 cm³/mol. The molecule has 4 aliphatic rings. The first kappa shape index (κ1) is 30.7. The number of hydrogen-bond donors (Lipinski definition) is 11. The normalized spacial score (nSPS) is 50.7. The van der Waals surface area contributed by atoms with Crippen molar-refractivity contribution in [2.75, 3.05) is 13.7 Å². The number of guanidine groups is 1. The number of hydrogen-bond acceptors (Lipinski definition) is 15. The molecule has 226 valence electrons. The van der Waals surface area contributed by atoms with Gasteiger partial charge in [-0.1, -0.05) is 0 Å². The number of nitrogens with one attached hydrogen (secondary N) is 1. The first-order chi connectivity index (χ1) is 18.4. The summed E-state index contributed by atoms with van der Waals surface area (Å²) < 4.78 is 29.7. The zero-order valence-corrected chi connectivity index (χ0v) is 21.7. The first-order valence-corrected chi connectivity index (χ1v) is 13.1. The van der Waals surface area contributed by atoms with E-state index in [1.807, 2.05) is 0 Å². The molecule has 39 heavy (non-hydrogen) atoms. The molecule has 4 fully saturated rings. The predicted octanol–water partition coefficient (Wildman–Crippen LogP) is -6.61. The Balaban J connectivity index is 1.42. The van der Waals surface area contributed by atoms with Gasteiger partial charge in [0.25, 0.3) is 0 Å². The quantitative estimate of drug-likeness (QED) is 0.101. The molecule has 0 bridgehead atoms. The molecule has 0 amide bonds. The lowest BCUT2D eigenvalue weighted by Gasteiger charge is -2.51. The van der Waals surface area contributed by atoms with Crippen LogP contribution < -0.4 is 34.0 Å². The van der Waals surface area contributed by atoms with Gasteiger partial charge in [0, 0.05) is 18.5 Å². The summed E-state index contributed by atoms with van der Waals surface area (Å²) in [5.41, 5.74) is 29.1. The Morgan fingerprint density at radius 1 is 0.846 bits per heavy atom. The van der Waals surface area contributed by atoms with Gasteiger partial charge >= 0.3 is 0 Å². The smallest absolute Gasteiger partial charge is 0.187 e. The van der Waals surface area contributed by atoms with Gasteiger partial charge in [0.05, 0.1) is 36.9 Å². The summed E-state index contributed by atoms with van der Waals surface area (Å²) in [4.78, 5) is 3.99. The highest BCUT2D eigenvalue weighted by Gasteiger charge is 2.53. The Morgan fingerprint density at radius 2 is 1.56 bits per heavy atom. The lowest BCUT2D eigenvalue weighted by molar-refractivity contribution is -0.367. The van der Waals surface area contributed by atoms with Crippen LogP contribution in [-0.2, 0) is 23.7 Å². The van der Waals surface area contributed by atoms with Gasteiger partial charge in [0.1, 0.15) is 36.6 Å². The molecule has 3 aliphatic heterocycles. The number of ether oxygens (including phenoxy) is 5. The summed E-state index contributed by atoms with van der Waals surface area (Å²) in [5.74, 6) is -0.204. The van der Waals surface area contributed by atoms with Gasteiger partial charge in [-0.3, -0.25) is 0 Å². The minimum atomic E-state index is -1.34. The molecule has 1 aliphatic carbocycles. The Morgan fingerprint density at radius 3 is 2.21 bits per heavy atom. The molecular formula is C22H43N7O10. The largest absolute Gasteiger partial charge is 0.394 e. The average Bonchev–Trinajstić information content (AvgIpc) is 2.87. The van der Waals surface area contributed by atoms with E-state index in [0.717, 1.165) is 0 Å². The second-order valence-electron chi connectivity index (χ2n) is 10.6. The molecule has 1 saturated carbocycles. The zero-order chi connectivity index (χ0) is 28.6. The van der Waals surface area contributed by atoms with E-state index in [1.54, 1.807) is 7.05 Å². The van der Waals surface area contributed by atoms with Crippen molar-refractivity contribution in [3.63, 3.8) is 0 Å². The number of nitrogens with two attached hydrogens (primary N) is 5. The van der Waals surface area contributed by atoms with Crippen LogP contribution in [0.4, 0.5) is 0 Å². The second-order valence-corrected chi connectivity index (χ2v) is 10.6. The van der Waals surface area contributed by atoms with E-state index in [4.69, 9.17) is 52.4 Å². The first-order valence-electron chi connectivity index (χ1n) is 13.1. The highest BCUT2D eigenvalue weighted by Crippen LogP contribution is 2.35. The fourth-order valence-electron chi connectivity index (χ4n) is 5.71. The maximum atomic E-state index is 11.2. The van der Waals surface area contributed by atoms with Crippen LogP contribution in [0.1, 0.15) is 19.3 Å². The maximum Gasteiger partial charge on any atom is 0.187 e. The number of fused-ring (bicyclic) bond motifs is 1. The summed E-state index contributed by atoms with van der Waals surface area (Å²) in [7, 11) is 1.59. The Labute approximate surface area is 225 Å². The molecule has 0 aromatic carbocycles. The summed E-state index contributed by atoms with van der Waals surface area (Å²) in [5, 5.41) is 55.1. The van der Waals surface area contributed by atoms with Crippen LogP contribution in [0, 0.1) is 0 Å². The average molecular weight is 566 g/mol. The van der Waals surface area contributed by atoms with Crippen LogP contribution in [0.2, 0.25) is 0 Å². The van der Waals surface area contributed by atoms with Crippen molar-refractivity contribution < 1.29 is 49.2 Å². The van der Waals surface area contributed by atoms with Gasteiger partial charge in [-0.05, 0) is 19.9 Å². The van der Waals surface area contributed by atoms with Crippen LogP contribution >= 0.6 is 0 Å². The molecule has 16 atom stereocenters. The summed E-state index contributed by atoms with van der Waals surface area (Å²) in [6.45, 7) is -0.422. The lowest BCUT2D eigenvalue weighted by Crippen LogP contribution is -2.69. The number of aliphatic imine (C=N–C) groups is 1. The van der Waals surface area contributed by atoms with Crippen molar-refractivity contribution in [2.45, 2.75) is 117 Å². The number of rotatable bonds is 7. The Hall–Kier alpha value is -1.29. The molecule has 0 aromatic rings. The van der Waals surface area contributed by atoms with Crippen molar-refractivity contribution in [1.29, 1.82) is 0 Å². The third kappa shape index (κ3) is 6.47. The molecule has 3 saturated heterocycles. The minimum absolute atomic E-state index is 0.0566. The van der Waals surface area contributed by atoms with Crippen LogP contribution in [0.25, 0.3) is 0 Å². The van der Waals surface area contributed by atoms with Crippen LogP contribution in [0.5, 0.6) is 0 Å². The molecule has 17 heteroatoms. The fourth-order valence-corrected chi connectivity index (χ4v) is 5.71. The SMILES string of the molecule is CNC1C(O[C@H]2OC(CO)[C@@H](N=C(N)N)CC2O)O[C@H]2CC(N)[C@@H](O[C@@H]3C(N)C[C@@H](N)C(O)[C@H]3O)OC2C1O. The summed E-state index contributed by atoms with van der Waals surface area (Å²) in [6.07, 6.45) is -11.3. The van der Waals surface area contributed by atoms with Crippen molar-refractivity contribution in [1.82, 2.24) is 5.32 Å². The number of nitrogens with zero attached hydrogens (tertiary/aromatic N) is 1. The molecule has 0 aromatic heterocycles. The highest BCUT2D eigenvalue weighted by molar-refractivity contribution is 5.75. The van der Waals surface area contributed by atoms with Crippen LogP contribution in [0.3, 0.4) is 0 Å². The summed E-state index contributed by atoms with van der Waals surface area (Å²) >= 11 is 0. The van der Waals surface area contributed by atoms with Crippen molar-refractivity contribution in [3.8, 4) is 0 Å². The lowest BCUT2D eigenvalue weighted by atomic mass is 9.84. The van der Waals surface area contributed by atoms with Gasteiger partial charge in [-0.25, -0.2) is 4.99 Å². The van der Waals surface area contributed by atoms with Gasteiger partial charge in [-0.2, -0.15) is 0 Å². The van der Waals surface area contributed by atoms with Gasteiger partial charge in [0.15, 0.2) is 24.8 Å². The third-order valence-corrected chi connectivity index (χ3v) is 7.83. The molecule has 9 unspecified atom stereocenters. The van der Waals surface area contributed by atoms with Crippen molar-refractivity contribution in [2.24, 2.45) is 33.7 Å². The topological polar surface area (TPSA) is 302 Å². The number of aliphatic hydroxyl groups excluding tert-OH is 5. The van der Waals surface area contributed by atoms with E-state index >= 15 is 0 Å². The third-order valence-electron chi connectivity index (χ3n) is 7.83. The minimum Gasteiger partial charge on any atom is -0.394 e. The molecule has 0 spiro atoms. The van der Waals surface area contributed by atoms with Gasteiger partial charge in [-0.15, -0.1) is 0 Å². The standard InChI is InChI=1S/C22H43N7O10/c1-28-13-15(33)18-11(3-8(25)19(38-18)37-17-7(24)2-6(23)14(32)16(17)34)35-21(13)39-20-10(31)4-9(29-22(26)27)12(5-30)36-20/h6-21,28,30-34H,2-5,23-25H2,1H3,(H4,26,27,29)/t6-,7?,8?,9+,10?,11+,12?,13?,14?,15?,16-,17-,18?,19+,20-,21?/m1/s1. The highest BCUT2D eigenvalue weighted by atomic mass is 16.8. The van der Waals surface area contributed by atoms with E-state index in [9.17, 15) is 25.5 Å². The Kier molecular flexibility index (Phi) is 9.99. The van der Waals surface area contributed by atoms with E-state index < -0.39 is 105 Å². The van der Waals surface area contributed by atoms with E-state index in [0.29, 0.717) is 0 Å². The Bertz CT molecular complexity index is 841. The fraction of sp³-hybridized carbons (Fsp3) is 0.955. The number of likely N-dealkylation sites (N-methyl/N-ethyl adjacent to an activating group) is 1. The van der Waals surface area contributed by atoms with E-state index in [-0.39, 0.29) is 25.2 Å². The summed E-state index contributed by atoms with van der Waals surface area (Å²) in [6, 6.07) is -3.61. The molecule has 3 heterocycles. The van der Waals surface area contributed by atoms with Crippen LogP contribution in [0.15, 0.2) is 4.99 Å².